The molecule has 1 aliphatic heterocycles. The Kier molecular flexibility index (Phi) is 4.01. The summed E-state index contributed by atoms with van der Waals surface area (Å²) in [6.07, 6.45) is 4.20. The minimum Gasteiger partial charge on any atom is -0.213 e. The Hall–Kier alpha value is 0.200. The van der Waals surface area contributed by atoms with Crippen molar-refractivity contribution in [2.45, 2.75) is 19.3 Å². The van der Waals surface area contributed by atoms with Crippen LogP contribution in [0.2, 0.25) is 0 Å². The predicted molar refractivity (Wildman–Crippen MR) is 54.5 cm³/mol. The van der Waals surface area contributed by atoms with Gasteiger partial charge in [0.25, 0.3) is 0 Å². The monoisotopic (exact) mass is 225 g/mol. The summed E-state index contributed by atoms with van der Waals surface area (Å²) in [5.41, 5.74) is 0. The van der Waals surface area contributed by atoms with Gasteiger partial charge in [0.05, 0.1) is 6.26 Å². The number of hydrogen-bond acceptors (Lipinski definition) is 2. The van der Waals surface area contributed by atoms with Crippen molar-refractivity contribution in [3.63, 3.8) is 0 Å². The summed E-state index contributed by atoms with van der Waals surface area (Å²) in [6, 6.07) is 0. The first-order valence-electron chi connectivity index (χ1n) is 4.55. The van der Waals surface area contributed by atoms with Gasteiger partial charge in [-0.25, -0.2) is 12.7 Å². The zero-order valence-corrected chi connectivity index (χ0v) is 9.44. The van der Waals surface area contributed by atoms with Crippen LogP contribution in [0.3, 0.4) is 0 Å². The predicted octanol–water partition coefficient (Wildman–Crippen LogP) is 1.29. The van der Waals surface area contributed by atoms with E-state index in [1.807, 2.05) is 0 Å². The summed E-state index contributed by atoms with van der Waals surface area (Å²) in [5.74, 6) is 1.30. The molecule has 0 bridgehead atoms. The Morgan fingerprint density at radius 2 is 1.92 bits per heavy atom. The van der Waals surface area contributed by atoms with E-state index < -0.39 is 10.0 Å². The van der Waals surface area contributed by atoms with E-state index in [1.165, 1.54) is 6.26 Å². The fraction of sp³-hybridized carbons (Fsp3) is 1.00. The van der Waals surface area contributed by atoms with Crippen LogP contribution in [0.25, 0.3) is 0 Å². The van der Waals surface area contributed by atoms with Crippen LogP contribution in [0.5, 0.6) is 0 Å². The number of sulfonamides is 1. The highest BCUT2D eigenvalue weighted by molar-refractivity contribution is 7.88. The first-order chi connectivity index (χ1) is 6.04. The molecule has 1 aliphatic rings. The van der Waals surface area contributed by atoms with Gasteiger partial charge in [-0.1, -0.05) is 0 Å². The third-order valence-corrected chi connectivity index (χ3v) is 4.08. The standard InChI is InChI=1S/C8H16ClNO2S/c1-13(11,12)10-6-3-8(2-5-9)4-7-10/h8H,2-7H2,1H3. The second-order valence-electron chi connectivity index (χ2n) is 3.58. The van der Waals surface area contributed by atoms with E-state index in [1.54, 1.807) is 4.31 Å². The van der Waals surface area contributed by atoms with E-state index in [0.717, 1.165) is 19.3 Å². The van der Waals surface area contributed by atoms with Crippen molar-refractivity contribution in [2.24, 2.45) is 5.92 Å². The van der Waals surface area contributed by atoms with Crippen molar-refractivity contribution in [1.29, 1.82) is 0 Å². The van der Waals surface area contributed by atoms with Crippen molar-refractivity contribution >= 4 is 21.6 Å². The Bertz CT molecular complexity index is 245. The number of piperidine rings is 1. The maximum absolute atomic E-state index is 11.2. The van der Waals surface area contributed by atoms with E-state index in [9.17, 15) is 8.42 Å². The highest BCUT2D eigenvalue weighted by atomic mass is 35.5. The van der Waals surface area contributed by atoms with Gasteiger partial charge < -0.3 is 0 Å². The molecule has 0 aliphatic carbocycles. The van der Waals surface area contributed by atoms with Crippen LogP contribution in [0.15, 0.2) is 0 Å². The Labute approximate surface area is 85.1 Å². The molecule has 78 valence electrons. The van der Waals surface area contributed by atoms with E-state index >= 15 is 0 Å². The third-order valence-electron chi connectivity index (χ3n) is 2.56. The number of halogens is 1. The molecule has 3 nitrogen and oxygen atoms in total. The van der Waals surface area contributed by atoms with Crippen LogP contribution in [0, 0.1) is 5.92 Å². The smallest absolute Gasteiger partial charge is 0.211 e. The Balaban J connectivity index is 2.39. The van der Waals surface area contributed by atoms with Crippen LogP contribution in [-0.2, 0) is 10.0 Å². The van der Waals surface area contributed by atoms with Crippen molar-refractivity contribution in [3.05, 3.63) is 0 Å². The molecule has 0 aromatic heterocycles. The van der Waals surface area contributed by atoms with Gasteiger partial charge in [-0.3, -0.25) is 0 Å². The maximum Gasteiger partial charge on any atom is 0.211 e. The number of hydrogen-bond donors (Lipinski definition) is 0. The summed E-state index contributed by atoms with van der Waals surface area (Å²) >= 11 is 5.63. The normalized spacial score (nSPS) is 22.0. The zero-order valence-electron chi connectivity index (χ0n) is 7.87. The van der Waals surface area contributed by atoms with Gasteiger partial charge in [0.15, 0.2) is 0 Å². The quantitative estimate of drug-likeness (QED) is 0.679. The molecule has 0 amide bonds. The molecule has 0 aromatic rings. The first kappa shape index (κ1) is 11.3. The first-order valence-corrected chi connectivity index (χ1v) is 6.93. The Morgan fingerprint density at radius 3 is 2.31 bits per heavy atom. The van der Waals surface area contributed by atoms with Crippen LogP contribution >= 0.6 is 11.6 Å². The minimum atomic E-state index is -2.96. The fourth-order valence-electron chi connectivity index (χ4n) is 1.68. The lowest BCUT2D eigenvalue weighted by molar-refractivity contribution is 0.271. The molecule has 0 atom stereocenters. The van der Waals surface area contributed by atoms with Gasteiger partial charge in [0.2, 0.25) is 10.0 Å². The Morgan fingerprint density at radius 1 is 1.38 bits per heavy atom. The van der Waals surface area contributed by atoms with Crippen LogP contribution in [-0.4, -0.2) is 37.9 Å². The molecule has 0 N–H and O–H groups in total. The second-order valence-corrected chi connectivity index (χ2v) is 5.94. The summed E-state index contributed by atoms with van der Waals surface area (Å²) in [6.45, 7) is 1.33. The molecule has 0 aromatic carbocycles. The lowest BCUT2D eigenvalue weighted by Gasteiger charge is -2.29. The molecule has 1 heterocycles. The summed E-state index contributed by atoms with van der Waals surface area (Å²) in [4.78, 5) is 0. The number of rotatable bonds is 3. The third kappa shape index (κ3) is 3.44. The van der Waals surface area contributed by atoms with Crippen molar-refractivity contribution < 1.29 is 8.42 Å². The summed E-state index contributed by atoms with van der Waals surface area (Å²) in [5, 5.41) is 0. The van der Waals surface area contributed by atoms with Gasteiger partial charge in [0.1, 0.15) is 0 Å². The second kappa shape index (κ2) is 4.62. The van der Waals surface area contributed by atoms with Gasteiger partial charge in [-0.05, 0) is 25.2 Å². The molecular formula is C8H16ClNO2S. The lowest BCUT2D eigenvalue weighted by atomic mass is 9.96. The van der Waals surface area contributed by atoms with Crippen molar-refractivity contribution in [2.75, 3.05) is 25.2 Å². The van der Waals surface area contributed by atoms with Crippen molar-refractivity contribution in [1.82, 2.24) is 4.31 Å². The highest BCUT2D eigenvalue weighted by Crippen LogP contribution is 2.22. The summed E-state index contributed by atoms with van der Waals surface area (Å²) in [7, 11) is -2.96. The topological polar surface area (TPSA) is 37.4 Å². The molecular weight excluding hydrogens is 210 g/mol. The molecule has 13 heavy (non-hydrogen) atoms. The minimum absolute atomic E-state index is 0.621. The van der Waals surface area contributed by atoms with Gasteiger partial charge in [-0.15, -0.1) is 11.6 Å². The van der Waals surface area contributed by atoms with Gasteiger partial charge >= 0.3 is 0 Å². The largest absolute Gasteiger partial charge is 0.213 e. The maximum atomic E-state index is 11.2. The van der Waals surface area contributed by atoms with Crippen LogP contribution < -0.4 is 0 Å². The molecule has 5 heteroatoms. The molecule has 1 saturated heterocycles. The SMILES string of the molecule is CS(=O)(=O)N1CCC(CCCl)CC1. The van der Waals surface area contributed by atoms with E-state index in [0.29, 0.717) is 24.9 Å². The summed E-state index contributed by atoms with van der Waals surface area (Å²) < 4.78 is 23.9. The van der Waals surface area contributed by atoms with Crippen molar-refractivity contribution in [3.8, 4) is 0 Å². The fourth-order valence-corrected chi connectivity index (χ4v) is 2.87. The van der Waals surface area contributed by atoms with E-state index in [-0.39, 0.29) is 0 Å². The average Bonchev–Trinajstić information content (AvgIpc) is 2.04. The molecule has 0 saturated carbocycles. The van der Waals surface area contributed by atoms with Gasteiger partial charge in [-0.2, -0.15) is 0 Å². The molecule has 1 fully saturated rings. The average molecular weight is 226 g/mol. The highest BCUT2D eigenvalue weighted by Gasteiger charge is 2.24. The van der Waals surface area contributed by atoms with Gasteiger partial charge in [0, 0.05) is 19.0 Å². The lowest BCUT2D eigenvalue weighted by Crippen LogP contribution is -2.37. The molecule has 0 spiro atoms. The molecule has 0 unspecified atom stereocenters. The molecule has 0 radical (unpaired) electrons. The molecule has 1 rings (SSSR count). The van der Waals surface area contributed by atoms with E-state index in [2.05, 4.69) is 0 Å². The van der Waals surface area contributed by atoms with Crippen LogP contribution in [0.4, 0.5) is 0 Å². The van der Waals surface area contributed by atoms with E-state index in [4.69, 9.17) is 11.6 Å². The number of nitrogens with zero attached hydrogens (tertiary/aromatic N) is 1. The zero-order chi connectivity index (χ0) is 9.90. The van der Waals surface area contributed by atoms with Crippen LogP contribution in [0.1, 0.15) is 19.3 Å². The number of alkyl halides is 1.